The van der Waals surface area contributed by atoms with Gasteiger partial charge in [-0.25, -0.2) is 8.42 Å². The molecular weight excluding hydrogens is 382 g/mol. The van der Waals surface area contributed by atoms with Gasteiger partial charge < -0.3 is 19.7 Å². The van der Waals surface area contributed by atoms with E-state index in [0.29, 0.717) is 32.0 Å². The maximum Gasteiger partial charge on any atom is 0.255 e. The highest BCUT2D eigenvalue weighted by molar-refractivity contribution is 7.89. The number of nitrogens with one attached hydrogen (secondary N) is 1. The van der Waals surface area contributed by atoms with E-state index in [1.807, 2.05) is 13.8 Å². The van der Waals surface area contributed by atoms with Gasteiger partial charge in [-0.15, -0.1) is 0 Å². The van der Waals surface area contributed by atoms with Crippen LogP contribution in [0.25, 0.3) is 0 Å². The maximum atomic E-state index is 12.9. The molecule has 158 valence electrons. The molecule has 1 aromatic rings. The standard InChI is InChI=1S/C19H31N3O5S/c1-5-21(6-2)17-10-9-15(28(24,25)22(7-3)8-4)13-16(17)20-19(23)18-14-26-11-12-27-18/h9-10,13,18H,5-8,11-12,14H2,1-4H3,(H,20,23). The van der Waals surface area contributed by atoms with Gasteiger partial charge in [0.1, 0.15) is 0 Å². The summed E-state index contributed by atoms with van der Waals surface area (Å²) in [6, 6.07) is 4.87. The molecule has 1 aliphatic heterocycles. The van der Waals surface area contributed by atoms with Crippen molar-refractivity contribution in [2.45, 2.75) is 38.7 Å². The normalized spacial score (nSPS) is 17.5. The van der Waals surface area contributed by atoms with E-state index in [0.717, 1.165) is 18.8 Å². The van der Waals surface area contributed by atoms with Crippen molar-refractivity contribution in [3.8, 4) is 0 Å². The van der Waals surface area contributed by atoms with Gasteiger partial charge in [-0.3, -0.25) is 4.79 Å². The topological polar surface area (TPSA) is 88.2 Å². The van der Waals surface area contributed by atoms with E-state index in [9.17, 15) is 13.2 Å². The molecule has 0 aromatic heterocycles. The Morgan fingerprint density at radius 2 is 1.79 bits per heavy atom. The van der Waals surface area contributed by atoms with Gasteiger partial charge >= 0.3 is 0 Å². The SMILES string of the molecule is CCN(CC)c1ccc(S(=O)(=O)N(CC)CC)cc1NC(=O)C1COCCO1. The summed E-state index contributed by atoms with van der Waals surface area (Å²) in [7, 11) is -3.63. The Kier molecular flexibility index (Phi) is 8.23. The molecule has 1 heterocycles. The molecule has 1 saturated heterocycles. The fourth-order valence-corrected chi connectivity index (χ4v) is 4.67. The lowest BCUT2D eigenvalue weighted by Crippen LogP contribution is -2.39. The largest absolute Gasteiger partial charge is 0.376 e. The highest BCUT2D eigenvalue weighted by Crippen LogP contribution is 2.30. The second-order valence-corrected chi connectivity index (χ2v) is 8.30. The Morgan fingerprint density at radius 3 is 2.32 bits per heavy atom. The number of anilines is 2. The van der Waals surface area contributed by atoms with Gasteiger partial charge in [0, 0.05) is 26.2 Å². The number of benzene rings is 1. The Labute approximate surface area is 167 Å². The molecule has 0 radical (unpaired) electrons. The summed E-state index contributed by atoms with van der Waals surface area (Å²) in [5.74, 6) is -0.342. The number of hydrogen-bond donors (Lipinski definition) is 1. The molecule has 28 heavy (non-hydrogen) atoms. The van der Waals surface area contributed by atoms with Crippen molar-refractivity contribution in [2.75, 3.05) is 56.2 Å². The van der Waals surface area contributed by atoms with Crippen LogP contribution < -0.4 is 10.2 Å². The fraction of sp³-hybridized carbons (Fsp3) is 0.632. The van der Waals surface area contributed by atoms with Crippen LogP contribution in [0.2, 0.25) is 0 Å². The van der Waals surface area contributed by atoms with Crippen LogP contribution in [0.3, 0.4) is 0 Å². The number of nitrogens with zero attached hydrogens (tertiary/aromatic N) is 2. The van der Waals surface area contributed by atoms with Crippen molar-refractivity contribution in [2.24, 2.45) is 0 Å². The molecule has 1 unspecified atom stereocenters. The summed E-state index contributed by atoms with van der Waals surface area (Å²) in [5, 5.41) is 2.85. The van der Waals surface area contributed by atoms with Crippen LogP contribution in [-0.2, 0) is 24.3 Å². The predicted molar refractivity (Wildman–Crippen MR) is 109 cm³/mol. The number of carbonyl (C=O) groups is 1. The lowest BCUT2D eigenvalue weighted by atomic mass is 10.2. The van der Waals surface area contributed by atoms with Crippen molar-refractivity contribution < 1.29 is 22.7 Å². The van der Waals surface area contributed by atoms with Crippen LogP contribution in [0.5, 0.6) is 0 Å². The van der Waals surface area contributed by atoms with Crippen molar-refractivity contribution >= 4 is 27.3 Å². The Bertz CT molecular complexity index is 755. The summed E-state index contributed by atoms with van der Waals surface area (Å²) in [5.41, 5.74) is 1.23. The van der Waals surface area contributed by atoms with Crippen molar-refractivity contribution in [1.82, 2.24) is 4.31 Å². The third-order valence-corrected chi connectivity index (χ3v) is 6.83. The van der Waals surface area contributed by atoms with Gasteiger partial charge in [-0.05, 0) is 32.0 Å². The second-order valence-electron chi connectivity index (χ2n) is 6.36. The summed E-state index contributed by atoms with van der Waals surface area (Å²) < 4.78 is 38.0. The Balaban J connectivity index is 2.41. The molecule has 0 spiro atoms. The van der Waals surface area contributed by atoms with Gasteiger partial charge in [-0.1, -0.05) is 13.8 Å². The smallest absolute Gasteiger partial charge is 0.255 e. The first-order valence-corrected chi connectivity index (χ1v) is 11.2. The minimum atomic E-state index is -3.63. The zero-order valence-electron chi connectivity index (χ0n) is 17.1. The number of hydrogen-bond acceptors (Lipinski definition) is 6. The molecule has 1 fully saturated rings. The molecular formula is C19H31N3O5S. The zero-order chi connectivity index (χ0) is 20.7. The van der Waals surface area contributed by atoms with E-state index in [1.54, 1.807) is 26.0 Å². The average Bonchev–Trinajstić information content (AvgIpc) is 2.71. The first-order valence-electron chi connectivity index (χ1n) is 9.78. The van der Waals surface area contributed by atoms with Crippen molar-refractivity contribution in [3.05, 3.63) is 18.2 Å². The van der Waals surface area contributed by atoms with Gasteiger partial charge in [0.25, 0.3) is 5.91 Å². The first kappa shape index (κ1) is 22.6. The average molecular weight is 414 g/mol. The molecule has 8 nitrogen and oxygen atoms in total. The molecule has 1 atom stereocenters. The highest BCUT2D eigenvalue weighted by atomic mass is 32.2. The molecule has 2 rings (SSSR count). The van der Waals surface area contributed by atoms with Crippen molar-refractivity contribution in [3.63, 3.8) is 0 Å². The third kappa shape index (κ3) is 5.02. The summed E-state index contributed by atoms with van der Waals surface area (Å²) in [6.07, 6.45) is -0.707. The molecule has 9 heteroatoms. The van der Waals surface area contributed by atoms with Gasteiger partial charge in [-0.2, -0.15) is 4.31 Å². The number of amides is 1. The highest BCUT2D eigenvalue weighted by Gasteiger charge is 2.26. The van der Waals surface area contributed by atoms with E-state index in [2.05, 4.69) is 10.2 Å². The monoisotopic (exact) mass is 413 g/mol. The molecule has 0 bridgehead atoms. The van der Waals surface area contributed by atoms with E-state index in [1.165, 1.54) is 10.4 Å². The predicted octanol–water partition coefficient (Wildman–Crippen LogP) is 1.92. The van der Waals surface area contributed by atoms with Crippen LogP contribution in [0.15, 0.2) is 23.1 Å². The minimum absolute atomic E-state index is 0.156. The molecule has 1 amide bonds. The van der Waals surface area contributed by atoms with Crippen LogP contribution in [-0.4, -0.2) is 70.7 Å². The van der Waals surface area contributed by atoms with Crippen LogP contribution in [0.4, 0.5) is 11.4 Å². The maximum absolute atomic E-state index is 12.9. The molecule has 0 aliphatic carbocycles. The van der Waals surface area contributed by atoms with Gasteiger partial charge in [0.05, 0.1) is 36.1 Å². The number of rotatable bonds is 9. The molecule has 1 aromatic carbocycles. The van der Waals surface area contributed by atoms with E-state index >= 15 is 0 Å². The second kappa shape index (κ2) is 10.2. The summed E-state index contributed by atoms with van der Waals surface area (Å²) in [4.78, 5) is 14.8. The Hall–Kier alpha value is -1.68. The zero-order valence-corrected chi connectivity index (χ0v) is 17.9. The number of ether oxygens (including phenoxy) is 2. The first-order chi connectivity index (χ1) is 13.4. The van der Waals surface area contributed by atoms with E-state index < -0.39 is 16.1 Å². The quantitative estimate of drug-likeness (QED) is 0.665. The van der Waals surface area contributed by atoms with Gasteiger partial charge in [0.2, 0.25) is 10.0 Å². The molecule has 1 N–H and O–H groups in total. The van der Waals surface area contributed by atoms with Crippen LogP contribution in [0, 0.1) is 0 Å². The molecule has 1 aliphatic rings. The lowest BCUT2D eigenvalue weighted by Gasteiger charge is -2.27. The number of carbonyl (C=O) groups excluding carboxylic acids is 1. The summed E-state index contributed by atoms with van der Waals surface area (Å²) >= 11 is 0. The number of sulfonamides is 1. The van der Waals surface area contributed by atoms with Crippen LogP contribution >= 0.6 is 0 Å². The van der Waals surface area contributed by atoms with Crippen molar-refractivity contribution in [1.29, 1.82) is 0 Å². The van der Waals surface area contributed by atoms with Gasteiger partial charge in [0.15, 0.2) is 6.10 Å². The van der Waals surface area contributed by atoms with E-state index in [-0.39, 0.29) is 17.4 Å². The fourth-order valence-electron chi connectivity index (χ4n) is 3.18. The summed E-state index contributed by atoms with van der Waals surface area (Å²) in [6.45, 7) is 10.8. The lowest BCUT2D eigenvalue weighted by molar-refractivity contribution is -0.142. The minimum Gasteiger partial charge on any atom is -0.376 e. The third-order valence-electron chi connectivity index (χ3n) is 4.78. The molecule has 0 saturated carbocycles. The van der Waals surface area contributed by atoms with E-state index in [4.69, 9.17) is 9.47 Å². The van der Waals surface area contributed by atoms with Crippen LogP contribution in [0.1, 0.15) is 27.7 Å². The Morgan fingerprint density at radius 1 is 1.11 bits per heavy atom.